The third-order valence-electron chi connectivity index (χ3n) is 3.43. The minimum absolute atomic E-state index is 0.0581. The molecule has 0 aromatic heterocycles. The van der Waals surface area contributed by atoms with Crippen molar-refractivity contribution in [1.82, 2.24) is 0 Å². The van der Waals surface area contributed by atoms with E-state index < -0.39 is 4.92 Å². The Morgan fingerprint density at radius 2 is 2.10 bits per heavy atom. The van der Waals surface area contributed by atoms with Crippen molar-refractivity contribution in [2.24, 2.45) is 16.8 Å². The third kappa shape index (κ3) is 4.08. The Kier molecular flexibility index (Phi) is 5.52. The Morgan fingerprint density at radius 1 is 1.48 bits per heavy atom. The molecule has 7 heteroatoms. The molecule has 1 aromatic carbocycles. The van der Waals surface area contributed by atoms with Gasteiger partial charge in [0.25, 0.3) is 5.69 Å². The molecule has 1 aromatic rings. The highest BCUT2D eigenvalue weighted by Gasteiger charge is 2.22. The molecule has 0 bridgehead atoms. The molecule has 0 radical (unpaired) electrons. The highest BCUT2D eigenvalue weighted by molar-refractivity contribution is 5.98. The Hall–Kier alpha value is -2.31. The lowest BCUT2D eigenvalue weighted by Gasteiger charge is -2.28. The fraction of sp³-hybridized carbons (Fsp3) is 0.500. The minimum Gasteiger partial charge on any atom is -0.409 e. The van der Waals surface area contributed by atoms with E-state index in [1.165, 1.54) is 6.07 Å². The van der Waals surface area contributed by atoms with E-state index in [1.807, 2.05) is 18.9 Å². The van der Waals surface area contributed by atoms with Crippen LogP contribution in [0.25, 0.3) is 0 Å². The molecule has 7 nitrogen and oxygen atoms in total. The number of nitrogens with two attached hydrogens (primary N) is 1. The van der Waals surface area contributed by atoms with Crippen LogP contribution in [0.3, 0.4) is 0 Å². The molecule has 0 amide bonds. The number of nitro groups is 1. The Balaban J connectivity index is 3.20. The molecule has 1 rings (SSSR count). The summed E-state index contributed by atoms with van der Waals surface area (Å²) < 4.78 is 0. The normalized spacial score (nSPS) is 13.3. The van der Waals surface area contributed by atoms with Crippen LogP contribution in [-0.2, 0) is 0 Å². The zero-order chi connectivity index (χ0) is 16.2. The van der Waals surface area contributed by atoms with E-state index in [4.69, 9.17) is 10.9 Å². The van der Waals surface area contributed by atoms with Gasteiger partial charge in [-0.1, -0.05) is 19.0 Å². The maximum absolute atomic E-state index is 11.3. The van der Waals surface area contributed by atoms with Gasteiger partial charge in [-0.15, -0.1) is 0 Å². The van der Waals surface area contributed by atoms with Crippen molar-refractivity contribution in [2.45, 2.75) is 33.2 Å². The van der Waals surface area contributed by atoms with E-state index in [1.54, 1.807) is 12.1 Å². The standard InChI is InChI=1S/C14H22N4O3/c1-9(2)7-10(3)17(4)12-6-5-11(14(15)16-19)8-13(12)18(20)21/h5-6,8-10,19H,7H2,1-4H3,(H2,15,16). The summed E-state index contributed by atoms with van der Waals surface area (Å²) in [6.45, 7) is 6.25. The fourth-order valence-electron chi connectivity index (χ4n) is 2.26. The quantitative estimate of drug-likeness (QED) is 0.276. The summed E-state index contributed by atoms with van der Waals surface area (Å²) in [7, 11) is 1.83. The van der Waals surface area contributed by atoms with Crippen molar-refractivity contribution >= 4 is 17.2 Å². The fourth-order valence-corrected chi connectivity index (χ4v) is 2.26. The van der Waals surface area contributed by atoms with E-state index in [-0.39, 0.29) is 17.6 Å². The number of amidine groups is 1. The molecule has 116 valence electrons. The summed E-state index contributed by atoms with van der Waals surface area (Å²) >= 11 is 0. The number of anilines is 1. The number of oxime groups is 1. The molecule has 0 fully saturated rings. The minimum atomic E-state index is -0.456. The molecule has 0 aliphatic rings. The second-order valence-electron chi connectivity index (χ2n) is 5.54. The first-order chi connectivity index (χ1) is 9.77. The lowest BCUT2D eigenvalue weighted by Crippen LogP contribution is -2.30. The van der Waals surface area contributed by atoms with Crippen LogP contribution in [0.5, 0.6) is 0 Å². The van der Waals surface area contributed by atoms with E-state index >= 15 is 0 Å². The SMILES string of the molecule is CC(C)CC(C)N(C)c1ccc(C(N)=NO)cc1[N+](=O)[O-]. The zero-order valence-corrected chi connectivity index (χ0v) is 12.8. The third-order valence-corrected chi connectivity index (χ3v) is 3.43. The number of hydrogen-bond donors (Lipinski definition) is 2. The van der Waals surface area contributed by atoms with Crippen molar-refractivity contribution in [3.63, 3.8) is 0 Å². The van der Waals surface area contributed by atoms with E-state index in [2.05, 4.69) is 19.0 Å². The molecule has 0 aliphatic carbocycles. The van der Waals surface area contributed by atoms with Gasteiger partial charge in [-0.25, -0.2) is 0 Å². The number of nitrogens with zero attached hydrogens (tertiary/aromatic N) is 3. The highest BCUT2D eigenvalue weighted by Crippen LogP contribution is 2.30. The first-order valence-electron chi connectivity index (χ1n) is 6.77. The summed E-state index contributed by atoms with van der Waals surface area (Å²) in [4.78, 5) is 12.7. The monoisotopic (exact) mass is 294 g/mol. The molecule has 0 aliphatic heterocycles. The first kappa shape index (κ1) is 16.7. The Morgan fingerprint density at radius 3 is 2.57 bits per heavy atom. The van der Waals surface area contributed by atoms with Gasteiger partial charge in [0.05, 0.1) is 4.92 Å². The molecular formula is C14H22N4O3. The number of nitro benzene ring substituents is 1. The molecule has 0 heterocycles. The van der Waals surface area contributed by atoms with Gasteiger partial charge in [0.15, 0.2) is 5.84 Å². The van der Waals surface area contributed by atoms with Crippen LogP contribution < -0.4 is 10.6 Å². The molecule has 1 unspecified atom stereocenters. The van der Waals surface area contributed by atoms with Crippen molar-refractivity contribution in [1.29, 1.82) is 0 Å². The lowest BCUT2D eigenvalue weighted by molar-refractivity contribution is -0.384. The van der Waals surface area contributed by atoms with Crippen LogP contribution in [0.4, 0.5) is 11.4 Å². The van der Waals surface area contributed by atoms with Gasteiger partial charge < -0.3 is 15.8 Å². The molecule has 0 saturated carbocycles. The molecule has 21 heavy (non-hydrogen) atoms. The molecule has 0 saturated heterocycles. The van der Waals surface area contributed by atoms with Crippen molar-refractivity contribution in [2.75, 3.05) is 11.9 Å². The molecule has 3 N–H and O–H groups in total. The molecule has 0 spiro atoms. The summed E-state index contributed by atoms with van der Waals surface area (Å²) in [5.74, 6) is 0.348. The van der Waals surface area contributed by atoms with E-state index in [0.717, 1.165) is 6.42 Å². The van der Waals surface area contributed by atoms with Gasteiger partial charge in [-0.2, -0.15) is 0 Å². The lowest BCUT2D eigenvalue weighted by atomic mass is 10.0. The van der Waals surface area contributed by atoms with Crippen LogP contribution in [0.15, 0.2) is 23.4 Å². The van der Waals surface area contributed by atoms with Crippen molar-refractivity contribution in [3.8, 4) is 0 Å². The number of benzene rings is 1. The largest absolute Gasteiger partial charge is 0.409 e. The van der Waals surface area contributed by atoms with Crippen LogP contribution in [0, 0.1) is 16.0 Å². The number of hydrogen-bond acceptors (Lipinski definition) is 5. The smallest absolute Gasteiger partial charge is 0.293 e. The van der Waals surface area contributed by atoms with Crippen molar-refractivity contribution < 1.29 is 10.1 Å². The van der Waals surface area contributed by atoms with E-state index in [9.17, 15) is 10.1 Å². The second-order valence-corrected chi connectivity index (χ2v) is 5.54. The van der Waals surface area contributed by atoms with Crippen LogP contribution in [-0.4, -0.2) is 29.1 Å². The molecule has 1 atom stereocenters. The van der Waals surface area contributed by atoms with Crippen LogP contribution in [0.1, 0.15) is 32.8 Å². The van der Waals surface area contributed by atoms with Gasteiger partial charge in [-0.05, 0) is 31.4 Å². The Labute approximate surface area is 124 Å². The average Bonchev–Trinajstić information content (AvgIpc) is 2.44. The van der Waals surface area contributed by atoms with Gasteiger partial charge in [0, 0.05) is 24.7 Å². The first-order valence-corrected chi connectivity index (χ1v) is 6.77. The number of rotatable bonds is 6. The highest BCUT2D eigenvalue weighted by atomic mass is 16.6. The van der Waals surface area contributed by atoms with Crippen LogP contribution >= 0.6 is 0 Å². The zero-order valence-electron chi connectivity index (χ0n) is 12.8. The predicted octanol–water partition coefficient (Wildman–Crippen LogP) is 2.56. The summed E-state index contributed by atoms with van der Waals surface area (Å²) in [5.41, 5.74) is 6.25. The maximum Gasteiger partial charge on any atom is 0.293 e. The van der Waals surface area contributed by atoms with Gasteiger partial charge in [-0.3, -0.25) is 10.1 Å². The maximum atomic E-state index is 11.3. The van der Waals surface area contributed by atoms with Gasteiger partial charge in [0.1, 0.15) is 5.69 Å². The Bertz CT molecular complexity index is 543. The summed E-state index contributed by atoms with van der Waals surface area (Å²) in [6.07, 6.45) is 0.926. The summed E-state index contributed by atoms with van der Waals surface area (Å²) in [6, 6.07) is 4.72. The topological polar surface area (TPSA) is 105 Å². The average molecular weight is 294 g/mol. The summed E-state index contributed by atoms with van der Waals surface area (Å²) in [5, 5.41) is 22.8. The second kappa shape index (κ2) is 6.92. The van der Waals surface area contributed by atoms with Gasteiger partial charge in [0.2, 0.25) is 0 Å². The van der Waals surface area contributed by atoms with Crippen molar-refractivity contribution in [3.05, 3.63) is 33.9 Å². The van der Waals surface area contributed by atoms with E-state index in [0.29, 0.717) is 17.2 Å². The van der Waals surface area contributed by atoms with Crippen LogP contribution in [0.2, 0.25) is 0 Å². The predicted molar refractivity (Wildman–Crippen MR) is 82.9 cm³/mol. The van der Waals surface area contributed by atoms with Gasteiger partial charge >= 0.3 is 0 Å². The molecular weight excluding hydrogens is 272 g/mol.